The van der Waals surface area contributed by atoms with E-state index in [9.17, 15) is 19.4 Å². The lowest BCUT2D eigenvalue weighted by atomic mass is 10.0. The molecule has 0 heterocycles. The lowest BCUT2D eigenvalue weighted by Gasteiger charge is -2.25. The number of nitrogens with two attached hydrogens (primary N) is 1. The van der Waals surface area contributed by atoms with E-state index in [-0.39, 0.29) is 25.7 Å². The molecule has 0 aromatic carbocycles. The molecular weight excluding hydrogens is 732 g/mol. The molecule has 9 heteroatoms. The van der Waals surface area contributed by atoms with Gasteiger partial charge in [0.05, 0.1) is 25.4 Å². The minimum atomic E-state index is -4.32. The van der Waals surface area contributed by atoms with Crippen molar-refractivity contribution in [2.75, 3.05) is 19.8 Å². The van der Waals surface area contributed by atoms with E-state index in [0.29, 0.717) is 12.8 Å². The molecule has 0 aliphatic rings. The van der Waals surface area contributed by atoms with E-state index in [0.717, 1.165) is 38.5 Å². The van der Waals surface area contributed by atoms with Crippen LogP contribution in [0.1, 0.15) is 258 Å². The lowest BCUT2D eigenvalue weighted by molar-refractivity contribution is -0.123. The van der Waals surface area contributed by atoms with E-state index >= 15 is 0 Å². The summed E-state index contributed by atoms with van der Waals surface area (Å²) in [4.78, 5) is 22.8. The van der Waals surface area contributed by atoms with Gasteiger partial charge in [0.25, 0.3) is 0 Å². The van der Waals surface area contributed by atoms with Gasteiger partial charge in [-0.2, -0.15) is 0 Å². The summed E-state index contributed by atoms with van der Waals surface area (Å²) < 4.78 is 22.3. The highest BCUT2D eigenvalue weighted by atomic mass is 31.2. The zero-order chi connectivity index (χ0) is 41.8. The minimum Gasteiger partial charge on any atom is -0.391 e. The fourth-order valence-corrected chi connectivity index (χ4v) is 8.36. The number of carbonyl (C=O) groups is 1. The summed E-state index contributed by atoms with van der Waals surface area (Å²) in [5.74, 6) is -0.162. The molecule has 0 aromatic heterocycles. The Morgan fingerprint density at radius 1 is 0.561 bits per heavy atom. The van der Waals surface area contributed by atoms with Crippen LogP contribution in [0.15, 0.2) is 12.2 Å². The zero-order valence-electron chi connectivity index (χ0n) is 37.9. The lowest BCUT2D eigenvalue weighted by Crippen LogP contribution is -2.46. The molecule has 0 aromatic rings. The number of hydrogen-bond acceptors (Lipinski definition) is 6. The molecule has 0 spiro atoms. The molecule has 0 bridgehead atoms. The maximum Gasteiger partial charge on any atom is 0.472 e. The number of rotatable bonds is 47. The number of unbranched alkanes of at least 4 members (excludes halogenated alkanes) is 33. The molecular formula is C48H97N2O6P. The molecule has 8 nitrogen and oxygen atoms in total. The third-order valence-corrected chi connectivity index (χ3v) is 12.4. The predicted octanol–water partition coefficient (Wildman–Crippen LogP) is 14.3. The number of aliphatic hydroxyl groups is 1. The third-order valence-electron chi connectivity index (χ3n) is 11.4. The van der Waals surface area contributed by atoms with E-state index in [2.05, 4.69) is 31.3 Å². The van der Waals surface area contributed by atoms with Crippen LogP contribution in [-0.4, -0.2) is 47.8 Å². The van der Waals surface area contributed by atoms with Crippen LogP contribution in [-0.2, 0) is 18.4 Å². The number of aliphatic hydroxyl groups excluding tert-OH is 1. The number of amides is 1. The summed E-state index contributed by atoms with van der Waals surface area (Å²) in [7, 11) is -4.32. The van der Waals surface area contributed by atoms with Crippen LogP contribution >= 0.6 is 7.82 Å². The largest absolute Gasteiger partial charge is 0.472 e. The molecule has 0 aliphatic heterocycles. The summed E-state index contributed by atoms with van der Waals surface area (Å²) in [6.07, 6.45) is 50.8. The fourth-order valence-electron chi connectivity index (χ4n) is 7.60. The van der Waals surface area contributed by atoms with E-state index in [1.165, 1.54) is 193 Å². The van der Waals surface area contributed by atoms with Gasteiger partial charge in [-0.3, -0.25) is 13.8 Å². The Morgan fingerprint density at radius 2 is 0.912 bits per heavy atom. The number of allylic oxidation sites excluding steroid dienone is 2. The first-order valence-electron chi connectivity index (χ1n) is 24.8. The highest BCUT2D eigenvalue weighted by Gasteiger charge is 2.27. The molecule has 0 rings (SSSR count). The fraction of sp³-hybridized carbons (Fsp3) is 0.938. The molecule has 0 aliphatic carbocycles. The summed E-state index contributed by atoms with van der Waals surface area (Å²) in [5.41, 5.74) is 5.40. The smallest absolute Gasteiger partial charge is 0.391 e. The van der Waals surface area contributed by atoms with Crippen molar-refractivity contribution in [3.05, 3.63) is 12.2 Å². The van der Waals surface area contributed by atoms with Crippen molar-refractivity contribution < 1.29 is 28.4 Å². The third kappa shape index (κ3) is 43.1. The van der Waals surface area contributed by atoms with Crippen LogP contribution in [0.2, 0.25) is 0 Å². The quantitative estimate of drug-likeness (QED) is 0.0273. The van der Waals surface area contributed by atoms with Gasteiger partial charge in [0.2, 0.25) is 5.91 Å². The standard InChI is InChI=1S/C48H97N2O6P/c1-3-5-7-9-11-13-15-17-19-21-23-24-25-27-29-31-33-35-37-39-41-47(51)46(45-56-57(53,54)55-44-43-49)50-48(52)42-40-38-36-34-32-30-28-26-22-20-18-16-14-12-10-8-6-4-2/h20,22,46-47,51H,3-19,21,23-45,49H2,1-2H3,(H,50,52)(H,53,54)/b22-20-. The van der Waals surface area contributed by atoms with Crippen molar-refractivity contribution in [3.8, 4) is 0 Å². The Morgan fingerprint density at radius 3 is 1.30 bits per heavy atom. The first kappa shape index (κ1) is 56.2. The van der Waals surface area contributed by atoms with Crippen LogP contribution in [0.5, 0.6) is 0 Å². The Bertz CT molecular complexity index is 906. The maximum absolute atomic E-state index is 12.8. The highest BCUT2D eigenvalue weighted by molar-refractivity contribution is 7.47. The van der Waals surface area contributed by atoms with E-state index in [1.807, 2.05) is 0 Å². The Kier molecular flexibility index (Phi) is 44.2. The number of hydrogen-bond donors (Lipinski definition) is 4. The average Bonchev–Trinajstić information content (AvgIpc) is 3.20. The molecule has 0 fully saturated rings. The van der Waals surface area contributed by atoms with Crippen LogP contribution < -0.4 is 11.1 Å². The SMILES string of the molecule is CCCCCCCCC/C=C\CCCCCCCCCC(=O)NC(COP(=O)(O)OCCN)C(O)CCCCCCCCCCCCCCCCCCCCCC. The Hall–Kier alpha value is -0.760. The maximum atomic E-state index is 12.8. The molecule has 0 saturated carbocycles. The number of phosphoric ester groups is 1. The van der Waals surface area contributed by atoms with Crippen molar-refractivity contribution in [3.63, 3.8) is 0 Å². The Balaban J connectivity index is 4.06. The van der Waals surface area contributed by atoms with Gasteiger partial charge in [0, 0.05) is 13.0 Å². The number of carbonyl (C=O) groups excluding carboxylic acids is 1. The van der Waals surface area contributed by atoms with Gasteiger partial charge in [-0.1, -0.05) is 225 Å². The van der Waals surface area contributed by atoms with E-state index in [4.69, 9.17) is 14.8 Å². The van der Waals surface area contributed by atoms with Crippen LogP contribution in [0.25, 0.3) is 0 Å². The summed E-state index contributed by atoms with van der Waals surface area (Å²) in [5, 5.41) is 13.9. The second-order valence-electron chi connectivity index (χ2n) is 17.0. The van der Waals surface area contributed by atoms with Gasteiger partial charge in [0.1, 0.15) is 0 Å². The summed E-state index contributed by atoms with van der Waals surface area (Å²) in [6.45, 7) is 4.24. The van der Waals surface area contributed by atoms with E-state index in [1.54, 1.807) is 0 Å². The normalized spacial score (nSPS) is 14.0. The van der Waals surface area contributed by atoms with Crippen molar-refractivity contribution in [1.29, 1.82) is 0 Å². The topological polar surface area (TPSA) is 131 Å². The first-order chi connectivity index (χ1) is 27.9. The molecule has 3 atom stereocenters. The monoisotopic (exact) mass is 829 g/mol. The molecule has 3 unspecified atom stereocenters. The zero-order valence-corrected chi connectivity index (χ0v) is 38.7. The molecule has 1 amide bonds. The van der Waals surface area contributed by atoms with E-state index < -0.39 is 20.0 Å². The van der Waals surface area contributed by atoms with Gasteiger partial charge in [-0.15, -0.1) is 0 Å². The van der Waals surface area contributed by atoms with Crippen molar-refractivity contribution >= 4 is 13.7 Å². The summed E-state index contributed by atoms with van der Waals surface area (Å²) >= 11 is 0. The minimum absolute atomic E-state index is 0.0902. The molecule has 0 saturated heterocycles. The predicted molar refractivity (Wildman–Crippen MR) is 245 cm³/mol. The van der Waals surface area contributed by atoms with Gasteiger partial charge >= 0.3 is 7.82 Å². The summed E-state index contributed by atoms with van der Waals surface area (Å²) in [6, 6.07) is -0.774. The van der Waals surface area contributed by atoms with Crippen LogP contribution in [0.3, 0.4) is 0 Å². The van der Waals surface area contributed by atoms with Crippen LogP contribution in [0, 0.1) is 0 Å². The Labute approximate surface area is 354 Å². The van der Waals surface area contributed by atoms with Gasteiger partial charge in [-0.25, -0.2) is 4.57 Å². The van der Waals surface area contributed by atoms with Gasteiger partial charge < -0.3 is 21.1 Å². The van der Waals surface area contributed by atoms with Crippen molar-refractivity contribution in [2.45, 2.75) is 270 Å². The molecule has 57 heavy (non-hydrogen) atoms. The second-order valence-corrected chi connectivity index (χ2v) is 18.5. The molecule has 340 valence electrons. The number of phosphoric acid groups is 1. The number of nitrogens with one attached hydrogen (secondary N) is 1. The van der Waals surface area contributed by atoms with Gasteiger partial charge in [0.15, 0.2) is 0 Å². The van der Waals surface area contributed by atoms with Crippen molar-refractivity contribution in [2.24, 2.45) is 5.73 Å². The first-order valence-corrected chi connectivity index (χ1v) is 26.3. The second kappa shape index (κ2) is 44.8. The van der Waals surface area contributed by atoms with Gasteiger partial charge in [-0.05, 0) is 38.5 Å². The molecule has 0 radical (unpaired) electrons. The average molecular weight is 829 g/mol. The van der Waals surface area contributed by atoms with Crippen molar-refractivity contribution in [1.82, 2.24) is 5.32 Å². The molecule has 5 N–H and O–H groups in total. The van der Waals surface area contributed by atoms with Crippen LogP contribution in [0.4, 0.5) is 0 Å². The highest BCUT2D eigenvalue weighted by Crippen LogP contribution is 2.43.